The van der Waals surface area contributed by atoms with Gasteiger partial charge in [-0.2, -0.15) is 0 Å². The second kappa shape index (κ2) is 7.57. The first kappa shape index (κ1) is 17.9. The summed E-state index contributed by atoms with van der Waals surface area (Å²) in [4.78, 5) is 20.4. The van der Waals surface area contributed by atoms with Gasteiger partial charge in [0.05, 0.1) is 17.8 Å². The van der Waals surface area contributed by atoms with Gasteiger partial charge in [-0.25, -0.2) is 0 Å². The van der Waals surface area contributed by atoms with Gasteiger partial charge in [-0.05, 0) is 37.8 Å². The Balaban J connectivity index is 1.92. The monoisotopic (exact) mass is 362 g/mol. The molecular formula is C17H22N4O3S. The molecule has 3 heterocycles. The third-order valence-electron chi connectivity index (χ3n) is 4.51. The summed E-state index contributed by atoms with van der Waals surface area (Å²) < 4.78 is 8.03. The van der Waals surface area contributed by atoms with Crippen LogP contribution in [-0.2, 0) is 11.3 Å². The highest BCUT2D eigenvalue weighted by Crippen LogP contribution is 2.34. The van der Waals surface area contributed by atoms with E-state index < -0.39 is 12.3 Å². The largest absolute Gasteiger partial charge is 0.389 e. The summed E-state index contributed by atoms with van der Waals surface area (Å²) in [5.41, 5.74) is 0.645. The molecular weight excluding hydrogens is 340 g/mol. The van der Waals surface area contributed by atoms with Crippen LogP contribution in [0.2, 0.25) is 0 Å². The average molecular weight is 362 g/mol. The van der Waals surface area contributed by atoms with Crippen LogP contribution >= 0.6 is 12.2 Å². The molecule has 25 heavy (non-hydrogen) atoms. The summed E-state index contributed by atoms with van der Waals surface area (Å²) in [5, 5.41) is 10.8. The first-order chi connectivity index (χ1) is 12.0. The first-order valence-corrected chi connectivity index (χ1v) is 8.67. The summed E-state index contributed by atoms with van der Waals surface area (Å²) in [6.45, 7) is 2.54. The van der Waals surface area contributed by atoms with Gasteiger partial charge in [-0.15, -0.1) is 0 Å². The Kier molecular flexibility index (Phi) is 5.43. The van der Waals surface area contributed by atoms with Crippen LogP contribution in [0.1, 0.15) is 25.3 Å². The van der Waals surface area contributed by atoms with Crippen molar-refractivity contribution < 1.29 is 9.84 Å². The fourth-order valence-corrected chi connectivity index (χ4v) is 3.52. The number of aliphatic hydroxyl groups excluding tert-OH is 1. The lowest BCUT2D eigenvalue weighted by atomic mass is 10.0. The quantitative estimate of drug-likeness (QED) is 0.784. The number of aromatic nitrogens is 3. The Morgan fingerprint density at radius 3 is 2.88 bits per heavy atom. The van der Waals surface area contributed by atoms with Crippen LogP contribution in [0.25, 0.3) is 0 Å². The minimum absolute atomic E-state index is 0.259. The molecule has 134 valence electrons. The van der Waals surface area contributed by atoms with E-state index in [2.05, 4.69) is 9.97 Å². The van der Waals surface area contributed by atoms with Crippen molar-refractivity contribution in [3.63, 3.8) is 0 Å². The van der Waals surface area contributed by atoms with Crippen LogP contribution in [0.3, 0.4) is 0 Å². The van der Waals surface area contributed by atoms with E-state index in [0.29, 0.717) is 13.0 Å². The summed E-state index contributed by atoms with van der Waals surface area (Å²) in [5.74, 6) is 0. The maximum atomic E-state index is 11.5. The molecule has 3 rings (SSSR count). The van der Waals surface area contributed by atoms with Gasteiger partial charge in [0.15, 0.2) is 11.0 Å². The molecule has 1 aliphatic heterocycles. The van der Waals surface area contributed by atoms with Crippen LogP contribution < -0.4 is 5.56 Å². The summed E-state index contributed by atoms with van der Waals surface area (Å²) in [7, 11) is 1.92. The predicted molar refractivity (Wildman–Crippen MR) is 95.6 cm³/mol. The minimum atomic E-state index is -0.669. The molecule has 2 aromatic rings. The SMILES string of the molecule is CC[C@H]1O[C@@H](n2ccc(=O)[nH]c2=S)C(N(C)Cc2ccccn2)[C@H]1O. The lowest BCUT2D eigenvalue weighted by Crippen LogP contribution is -2.44. The van der Waals surface area contributed by atoms with Crippen molar-refractivity contribution in [3.05, 3.63) is 57.5 Å². The average Bonchev–Trinajstić information content (AvgIpc) is 2.92. The van der Waals surface area contributed by atoms with E-state index in [1.54, 1.807) is 17.0 Å². The second-order valence-electron chi connectivity index (χ2n) is 6.21. The van der Waals surface area contributed by atoms with Crippen LogP contribution in [0.4, 0.5) is 0 Å². The van der Waals surface area contributed by atoms with Gasteiger partial charge in [0.2, 0.25) is 0 Å². The molecule has 1 fully saturated rings. The van der Waals surface area contributed by atoms with E-state index in [-0.39, 0.29) is 22.5 Å². The minimum Gasteiger partial charge on any atom is -0.389 e. The van der Waals surface area contributed by atoms with E-state index in [0.717, 1.165) is 5.69 Å². The normalized spacial score (nSPS) is 26.2. The molecule has 0 amide bonds. The predicted octanol–water partition coefficient (Wildman–Crippen LogP) is 1.47. The maximum absolute atomic E-state index is 11.5. The highest BCUT2D eigenvalue weighted by molar-refractivity contribution is 7.71. The molecule has 0 aromatic carbocycles. The van der Waals surface area contributed by atoms with Gasteiger partial charge in [-0.1, -0.05) is 13.0 Å². The van der Waals surface area contributed by atoms with Gasteiger partial charge in [0.25, 0.3) is 5.56 Å². The van der Waals surface area contributed by atoms with E-state index >= 15 is 0 Å². The van der Waals surface area contributed by atoms with Crippen molar-refractivity contribution in [1.82, 2.24) is 19.4 Å². The Hall–Kier alpha value is -1.87. The third kappa shape index (κ3) is 3.72. The molecule has 1 saturated heterocycles. The fourth-order valence-electron chi connectivity index (χ4n) is 3.26. The molecule has 8 heteroatoms. The molecule has 0 radical (unpaired) electrons. The number of H-pyrrole nitrogens is 1. The van der Waals surface area contributed by atoms with E-state index in [4.69, 9.17) is 17.0 Å². The molecule has 2 aromatic heterocycles. The highest BCUT2D eigenvalue weighted by atomic mass is 32.1. The van der Waals surface area contributed by atoms with Crippen LogP contribution in [0, 0.1) is 4.77 Å². The van der Waals surface area contributed by atoms with Gasteiger partial charge >= 0.3 is 0 Å². The molecule has 2 N–H and O–H groups in total. The van der Waals surface area contributed by atoms with Crippen molar-refractivity contribution in [2.45, 2.75) is 44.4 Å². The van der Waals surface area contributed by atoms with E-state index in [1.165, 1.54) is 6.07 Å². The summed E-state index contributed by atoms with van der Waals surface area (Å²) in [6, 6.07) is 6.83. The summed E-state index contributed by atoms with van der Waals surface area (Å²) >= 11 is 5.27. The zero-order valence-corrected chi connectivity index (χ0v) is 15.0. The number of rotatable bonds is 5. The zero-order chi connectivity index (χ0) is 18.0. The van der Waals surface area contributed by atoms with Crippen molar-refractivity contribution in [1.29, 1.82) is 0 Å². The number of nitrogens with zero attached hydrogens (tertiary/aromatic N) is 3. The first-order valence-electron chi connectivity index (χ1n) is 8.26. The van der Waals surface area contributed by atoms with Gasteiger partial charge in [0, 0.05) is 25.0 Å². The number of aliphatic hydroxyl groups is 1. The second-order valence-corrected chi connectivity index (χ2v) is 6.59. The molecule has 1 unspecified atom stereocenters. The number of ether oxygens (including phenoxy) is 1. The van der Waals surface area contributed by atoms with E-state index in [9.17, 15) is 9.90 Å². The standard InChI is InChI=1S/C17H22N4O3S/c1-3-12-15(23)14(20(2)10-11-6-4-5-8-18-11)16(24-12)21-9-7-13(22)19-17(21)25/h4-9,12,14-16,23H,3,10H2,1-2H3,(H,19,22,25)/t12-,14?,15+,16-/m1/s1. The Morgan fingerprint density at radius 2 is 2.24 bits per heavy atom. The molecule has 0 spiro atoms. The van der Waals surface area contributed by atoms with Gasteiger partial charge < -0.3 is 9.84 Å². The molecule has 4 atom stereocenters. The van der Waals surface area contributed by atoms with Gasteiger partial charge in [0.1, 0.15) is 6.10 Å². The molecule has 7 nitrogen and oxygen atoms in total. The summed E-state index contributed by atoms with van der Waals surface area (Å²) in [6.07, 6.45) is 2.58. The lowest BCUT2D eigenvalue weighted by molar-refractivity contribution is -0.0288. The Labute approximate surface area is 150 Å². The maximum Gasteiger partial charge on any atom is 0.251 e. The molecule has 0 saturated carbocycles. The van der Waals surface area contributed by atoms with Crippen molar-refractivity contribution in [3.8, 4) is 0 Å². The molecule has 1 aliphatic rings. The van der Waals surface area contributed by atoms with Crippen molar-refractivity contribution in [2.24, 2.45) is 0 Å². The zero-order valence-electron chi connectivity index (χ0n) is 14.2. The van der Waals surface area contributed by atoms with E-state index in [1.807, 2.05) is 37.1 Å². The topological polar surface area (TPSA) is 83.4 Å². The number of pyridine rings is 1. The number of hydrogen-bond donors (Lipinski definition) is 2. The lowest BCUT2D eigenvalue weighted by Gasteiger charge is -2.31. The third-order valence-corrected chi connectivity index (χ3v) is 4.82. The smallest absolute Gasteiger partial charge is 0.251 e. The fraction of sp³-hybridized carbons (Fsp3) is 0.471. The number of likely N-dealkylation sites (N-methyl/N-ethyl adjacent to an activating group) is 1. The Morgan fingerprint density at radius 1 is 1.44 bits per heavy atom. The van der Waals surface area contributed by atoms with Crippen LogP contribution in [0.15, 0.2) is 41.5 Å². The van der Waals surface area contributed by atoms with Crippen LogP contribution in [0.5, 0.6) is 0 Å². The number of nitrogens with one attached hydrogen (secondary N) is 1. The molecule has 0 aliphatic carbocycles. The van der Waals surface area contributed by atoms with Crippen molar-refractivity contribution in [2.75, 3.05) is 7.05 Å². The number of hydrogen-bond acceptors (Lipinski definition) is 6. The van der Waals surface area contributed by atoms with Crippen molar-refractivity contribution >= 4 is 12.2 Å². The molecule has 0 bridgehead atoms. The van der Waals surface area contributed by atoms with Crippen LogP contribution in [-0.4, -0.2) is 49.8 Å². The Bertz CT molecular complexity index is 822. The highest BCUT2D eigenvalue weighted by Gasteiger charge is 2.45. The number of aromatic amines is 1. The van der Waals surface area contributed by atoms with Gasteiger partial charge in [-0.3, -0.25) is 24.2 Å².